The third-order valence-corrected chi connectivity index (χ3v) is 4.70. The van der Waals surface area contributed by atoms with Gasteiger partial charge < -0.3 is 5.73 Å². The maximum atomic E-state index is 6.04. The summed E-state index contributed by atoms with van der Waals surface area (Å²) in [6, 6.07) is 0.752. The van der Waals surface area contributed by atoms with Crippen molar-refractivity contribution in [3.63, 3.8) is 0 Å². The molecule has 0 aliphatic carbocycles. The molecule has 0 bridgehead atoms. The maximum absolute atomic E-state index is 6.04. The summed E-state index contributed by atoms with van der Waals surface area (Å²) in [5.41, 5.74) is 9.94. The Morgan fingerprint density at radius 3 is 2.53 bits per heavy atom. The lowest BCUT2D eigenvalue weighted by Gasteiger charge is -2.25. The summed E-state index contributed by atoms with van der Waals surface area (Å²) in [6.07, 6.45) is 1.22. The van der Waals surface area contributed by atoms with Crippen LogP contribution < -0.4 is 5.73 Å². The predicted molar refractivity (Wildman–Crippen MR) is 79.1 cm³/mol. The lowest BCUT2D eigenvalue weighted by atomic mass is 10.0. The predicted octanol–water partition coefficient (Wildman–Crippen LogP) is 2.25. The van der Waals surface area contributed by atoms with Gasteiger partial charge in [-0.2, -0.15) is 5.10 Å². The highest BCUT2D eigenvalue weighted by molar-refractivity contribution is 5.28. The van der Waals surface area contributed by atoms with E-state index in [-0.39, 0.29) is 0 Å². The normalized spacial score (nSPS) is 23.8. The Labute approximate surface area is 117 Å². The van der Waals surface area contributed by atoms with Gasteiger partial charge in [0.25, 0.3) is 0 Å². The van der Waals surface area contributed by atoms with E-state index in [0.29, 0.717) is 18.0 Å². The fourth-order valence-corrected chi connectivity index (χ4v) is 3.40. The minimum atomic E-state index is 0.303. The Hall–Kier alpha value is -0.870. The highest BCUT2D eigenvalue weighted by atomic mass is 15.3. The molecule has 108 valence electrons. The molecule has 4 heteroatoms. The van der Waals surface area contributed by atoms with Crippen LogP contribution in [0.1, 0.15) is 50.2 Å². The largest absolute Gasteiger partial charge is 0.328 e. The third-order valence-electron chi connectivity index (χ3n) is 4.70. The van der Waals surface area contributed by atoms with Crippen LogP contribution in [0.3, 0.4) is 0 Å². The number of rotatable bonds is 4. The Morgan fingerprint density at radius 2 is 2.05 bits per heavy atom. The number of likely N-dealkylation sites (tertiary alicyclic amines) is 1. The van der Waals surface area contributed by atoms with Crippen LogP contribution in [0.4, 0.5) is 0 Å². The number of aryl methyl sites for hydroxylation is 2. The molecule has 19 heavy (non-hydrogen) atoms. The van der Waals surface area contributed by atoms with Gasteiger partial charge >= 0.3 is 0 Å². The summed E-state index contributed by atoms with van der Waals surface area (Å²) < 4.78 is 2.11. The third kappa shape index (κ3) is 2.70. The van der Waals surface area contributed by atoms with Crippen molar-refractivity contribution in [3.05, 3.63) is 17.0 Å². The zero-order chi connectivity index (χ0) is 14.2. The first-order valence-electron chi connectivity index (χ1n) is 7.49. The standard InChI is InChI=1S/C15H28N4/c1-6-19-13(5)15(11(3)17-19)12(4)18-8-7-14(9-18)10(2)16/h10,12,14H,6-9,16H2,1-5H3. The summed E-state index contributed by atoms with van der Waals surface area (Å²) in [7, 11) is 0. The molecule has 3 unspecified atom stereocenters. The number of nitrogens with two attached hydrogens (primary N) is 1. The van der Waals surface area contributed by atoms with E-state index in [4.69, 9.17) is 5.73 Å². The maximum Gasteiger partial charge on any atom is 0.0644 e. The average Bonchev–Trinajstić information content (AvgIpc) is 2.94. The lowest BCUT2D eigenvalue weighted by Crippen LogP contribution is -2.31. The van der Waals surface area contributed by atoms with Gasteiger partial charge in [0, 0.05) is 36.4 Å². The molecule has 1 aliphatic rings. The van der Waals surface area contributed by atoms with Crippen molar-refractivity contribution in [2.75, 3.05) is 13.1 Å². The van der Waals surface area contributed by atoms with Gasteiger partial charge in [-0.15, -0.1) is 0 Å². The number of aromatic nitrogens is 2. The van der Waals surface area contributed by atoms with E-state index >= 15 is 0 Å². The quantitative estimate of drug-likeness (QED) is 0.907. The first-order valence-corrected chi connectivity index (χ1v) is 7.49. The van der Waals surface area contributed by atoms with Crippen molar-refractivity contribution in [3.8, 4) is 0 Å². The van der Waals surface area contributed by atoms with Crippen LogP contribution in [0.25, 0.3) is 0 Å². The second-order valence-electron chi connectivity index (χ2n) is 5.98. The van der Waals surface area contributed by atoms with Crippen LogP contribution in [0, 0.1) is 19.8 Å². The molecular formula is C15H28N4. The van der Waals surface area contributed by atoms with E-state index in [2.05, 4.69) is 49.3 Å². The van der Waals surface area contributed by atoms with Crippen LogP contribution >= 0.6 is 0 Å². The van der Waals surface area contributed by atoms with E-state index < -0.39 is 0 Å². The Morgan fingerprint density at radius 1 is 1.37 bits per heavy atom. The van der Waals surface area contributed by atoms with Gasteiger partial charge in [0.05, 0.1) is 5.69 Å². The Bertz CT molecular complexity index is 436. The minimum absolute atomic E-state index is 0.303. The topological polar surface area (TPSA) is 47.1 Å². The van der Waals surface area contributed by atoms with Crippen LogP contribution in [-0.4, -0.2) is 33.8 Å². The van der Waals surface area contributed by atoms with Crippen LogP contribution in [0.2, 0.25) is 0 Å². The molecule has 0 aromatic carbocycles. The van der Waals surface area contributed by atoms with Gasteiger partial charge in [-0.05, 0) is 53.5 Å². The van der Waals surface area contributed by atoms with Crippen molar-refractivity contribution < 1.29 is 0 Å². The van der Waals surface area contributed by atoms with Gasteiger partial charge in [0.15, 0.2) is 0 Å². The van der Waals surface area contributed by atoms with Gasteiger partial charge in [-0.1, -0.05) is 0 Å². The zero-order valence-corrected chi connectivity index (χ0v) is 13.0. The zero-order valence-electron chi connectivity index (χ0n) is 13.0. The molecule has 1 saturated heterocycles. The fraction of sp³-hybridized carbons (Fsp3) is 0.800. The van der Waals surface area contributed by atoms with Crippen molar-refractivity contribution in [2.24, 2.45) is 11.7 Å². The first-order chi connectivity index (χ1) is 8.95. The molecule has 1 aromatic rings. The monoisotopic (exact) mass is 264 g/mol. The molecule has 3 atom stereocenters. The fourth-order valence-electron chi connectivity index (χ4n) is 3.40. The molecule has 0 saturated carbocycles. The van der Waals surface area contributed by atoms with Crippen LogP contribution in [-0.2, 0) is 6.54 Å². The Kier molecular flexibility index (Phi) is 4.31. The van der Waals surface area contributed by atoms with E-state index in [0.717, 1.165) is 19.6 Å². The lowest BCUT2D eigenvalue weighted by molar-refractivity contribution is 0.246. The highest BCUT2D eigenvalue weighted by Crippen LogP contribution is 2.31. The minimum Gasteiger partial charge on any atom is -0.328 e. The molecule has 0 radical (unpaired) electrons. The molecule has 2 rings (SSSR count). The SMILES string of the molecule is CCn1nc(C)c(C(C)N2CCC(C(C)N)C2)c1C. The van der Waals surface area contributed by atoms with Crippen molar-refractivity contribution in [1.29, 1.82) is 0 Å². The van der Waals surface area contributed by atoms with Gasteiger partial charge in [0.1, 0.15) is 0 Å². The molecule has 0 spiro atoms. The summed E-state index contributed by atoms with van der Waals surface area (Å²) in [5.74, 6) is 0.643. The smallest absolute Gasteiger partial charge is 0.0644 e. The molecule has 2 heterocycles. The van der Waals surface area contributed by atoms with Crippen LogP contribution in [0.5, 0.6) is 0 Å². The van der Waals surface area contributed by atoms with Crippen molar-refractivity contribution in [2.45, 2.75) is 59.7 Å². The molecule has 0 amide bonds. The molecular weight excluding hydrogens is 236 g/mol. The average molecular weight is 264 g/mol. The van der Waals surface area contributed by atoms with Gasteiger partial charge in [-0.25, -0.2) is 0 Å². The van der Waals surface area contributed by atoms with Crippen molar-refractivity contribution in [1.82, 2.24) is 14.7 Å². The first kappa shape index (κ1) is 14.5. The number of hydrogen-bond acceptors (Lipinski definition) is 3. The molecule has 2 N–H and O–H groups in total. The second kappa shape index (κ2) is 5.63. The van der Waals surface area contributed by atoms with Gasteiger partial charge in [-0.3, -0.25) is 9.58 Å². The molecule has 1 fully saturated rings. The summed E-state index contributed by atoms with van der Waals surface area (Å²) in [5, 5.41) is 4.64. The molecule has 1 aliphatic heterocycles. The van der Waals surface area contributed by atoms with E-state index in [1.54, 1.807) is 0 Å². The van der Waals surface area contributed by atoms with Gasteiger partial charge in [0.2, 0.25) is 0 Å². The molecule has 1 aromatic heterocycles. The van der Waals surface area contributed by atoms with E-state index in [1.165, 1.54) is 23.4 Å². The summed E-state index contributed by atoms with van der Waals surface area (Å²) >= 11 is 0. The second-order valence-corrected chi connectivity index (χ2v) is 5.98. The highest BCUT2D eigenvalue weighted by Gasteiger charge is 2.30. The number of hydrogen-bond donors (Lipinski definition) is 1. The van der Waals surface area contributed by atoms with Crippen LogP contribution in [0.15, 0.2) is 0 Å². The summed E-state index contributed by atoms with van der Waals surface area (Å²) in [4.78, 5) is 2.56. The van der Waals surface area contributed by atoms with Crippen molar-refractivity contribution >= 4 is 0 Å². The Balaban J connectivity index is 2.17. The summed E-state index contributed by atoms with van der Waals surface area (Å²) in [6.45, 7) is 14.1. The van der Waals surface area contributed by atoms with E-state index in [1.807, 2.05) is 0 Å². The number of nitrogens with zero attached hydrogens (tertiary/aromatic N) is 3. The molecule has 4 nitrogen and oxygen atoms in total. The van der Waals surface area contributed by atoms with E-state index in [9.17, 15) is 0 Å².